The molecule has 0 atom stereocenters. The molecule has 5 nitrogen and oxygen atoms in total. The lowest BCUT2D eigenvalue weighted by Crippen LogP contribution is -2.12. The van der Waals surface area contributed by atoms with Gasteiger partial charge in [0.15, 0.2) is 0 Å². The van der Waals surface area contributed by atoms with E-state index in [9.17, 15) is 4.79 Å². The van der Waals surface area contributed by atoms with Crippen LogP contribution in [-0.2, 0) is 11.2 Å². The number of benzene rings is 1. The predicted octanol–water partition coefficient (Wildman–Crippen LogP) is 5.20. The zero-order chi connectivity index (χ0) is 20.2. The number of carbonyl (C=O) groups excluding carboxylic acids is 1. The summed E-state index contributed by atoms with van der Waals surface area (Å²) in [5.74, 6) is 0.588. The van der Waals surface area contributed by atoms with Crippen molar-refractivity contribution in [3.8, 4) is 11.4 Å². The van der Waals surface area contributed by atoms with E-state index in [1.807, 2.05) is 43.3 Å². The van der Waals surface area contributed by atoms with Crippen LogP contribution in [0.3, 0.4) is 0 Å². The van der Waals surface area contributed by atoms with Crippen LogP contribution in [0.1, 0.15) is 29.7 Å². The minimum Gasteiger partial charge on any atom is -0.353 e. The summed E-state index contributed by atoms with van der Waals surface area (Å²) in [6.45, 7) is 4.01. The Hall–Kier alpha value is -3.47. The quantitative estimate of drug-likeness (QED) is 0.480. The number of aryl methyl sites for hydroxylation is 3. The van der Waals surface area contributed by atoms with Crippen LogP contribution in [0.15, 0.2) is 60.8 Å². The number of hydrogen-bond donors (Lipinski definition) is 2. The molecule has 0 unspecified atom stereocenters. The van der Waals surface area contributed by atoms with Crippen molar-refractivity contribution in [1.82, 2.24) is 15.0 Å². The monoisotopic (exact) mass is 384 g/mol. The number of fused-ring (bicyclic) bond motifs is 1. The van der Waals surface area contributed by atoms with Gasteiger partial charge in [-0.15, -0.1) is 0 Å². The van der Waals surface area contributed by atoms with Gasteiger partial charge >= 0.3 is 0 Å². The lowest BCUT2D eigenvalue weighted by atomic mass is 10.0. The van der Waals surface area contributed by atoms with Gasteiger partial charge in [0.25, 0.3) is 0 Å². The smallest absolute Gasteiger partial charge is 0.225 e. The first-order valence-corrected chi connectivity index (χ1v) is 9.86. The molecule has 0 spiro atoms. The second-order valence-corrected chi connectivity index (χ2v) is 7.31. The molecule has 4 aromatic rings. The predicted molar refractivity (Wildman–Crippen MR) is 117 cm³/mol. The van der Waals surface area contributed by atoms with Crippen molar-refractivity contribution >= 4 is 22.6 Å². The topological polar surface area (TPSA) is 70.7 Å². The number of amides is 1. The SMILES string of the molecule is Cc1ccc2[nH]c(-c3ccccn3)c(CCCC(=O)Nc3cccc(C)n3)c2c1. The van der Waals surface area contributed by atoms with Gasteiger partial charge in [0.05, 0.1) is 11.4 Å². The fourth-order valence-electron chi connectivity index (χ4n) is 3.59. The minimum atomic E-state index is -0.0153. The van der Waals surface area contributed by atoms with Crippen LogP contribution < -0.4 is 5.32 Å². The van der Waals surface area contributed by atoms with Crippen molar-refractivity contribution in [1.29, 1.82) is 0 Å². The normalized spacial score (nSPS) is 11.0. The molecule has 0 bridgehead atoms. The molecule has 0 aliphatic carbocycles. The van der Waals surface area contributed by atoms with Gasteiger partial charge in [-0.3, -0.25) is 9.78 Å². The summed E-state index contributed by atoms with van der Waals surface area (Å²) in [4.78, 5) is 24.7. The lowest BCUT2D eigenvalue weighted by Gasteiger charge is -2.07. The fraction of sp³-hybridized carbons (Fsp3) is 0.208. The number of nitrogens with zero attached hydrogens (tertiary/aromatic N) is 2. The Morgan fingerprint density at radius 2 is 1.97 bits per heavy atom. The maximum Gasteiger partial charge on any atom is 0.225 e. The number of hydrogen-bond acceptors (Lipinski definition) is 3. The number of pyridine rings is 2. The molecular formula is C24H24N4O. The van der Waals surface area contributed by atoms with Crippen molar-refractivity contribution in [2.75, 3.05) is 5.32 Å². The first-order chi connectivity index (χ1) is 14.1. The zero-order valence-electron chi connectivity index (χ0n) is 16.7. The van der Waals surface area contributed by atoms with Crippen LogP contribution in [0.4, 0.5) is 5.82 Å². The summed E-state index contributed by atoms with van der Waals surface area (Å²) in [6, 6.07) is 17.9. The third-order valence-corrected chi connectivity index (χ3v) is 4.97. The van der Waals surface area contributed by atoms with Crippen molar-refractivity contribution in [3.63, 3.8) is 0 Å². The molecule has 0 saturated carbocycles. The average molecular weight is 384 g/mol. The standard InChI is InChI=1S/C24H24N4O/c1-16-12-13-20-19(15-16)18(24(27-20)21-9-3-4-14-25-21)8-6-11-23(29)28-22-10-5-7-17(2)26-22/h3-5,7,9-10,12-15,27H,6,8,11H2,1-2H3,(H,26,28,29). The van der Waals surface area contributed by atoms with Gasteiger partial charge in [-0.2, -0.15) is 0 Å². The molecule has 3 aromatic heterocycles. The molecular weight excluding hydrogens is 360 g/mol. The van der Waals surface area contributed by atoms with E-state index in [4.69, 9.17) is 0 Å². The van der Waals surface area contributed by atoms with Gasteiger partial charge in [-0.05, 0) is 68.7 Å². The summed E-state index contributed by atoms with van der Waals surface area (Å²) >= 11 is 0. The number of nitrogens with one attached hydrogen (secondary N) is 2. The van der Waals surface area contributed by atoms with Gasteiger partial charge in [0.1, 0.15) is 5.82 Å². The number of anilines is 1. The number of aromatic nitrogens is 3. The highest BCUT2D eigenvalue weighted by Gasteiger charge is 2.15. The summed E-state index contributed by atoms with van der Waals surface area (Å²) in [5, 5.41) is 4.09. The average Bonchev–Trinajstić information content (AvgIpc) is 3.06. The van der Waals surface area contributed by atoms with Crippen LogP contribution in [0.25, 0.3) is 22.3 Å². The van der Waals surface area contributed by atoms with E-state index in [0.29, 0.717) is 12.2 Å². The largest absolute Gasteiger partial charge is 0.353 e. The third-order valence-electron chi connectivity index (χ3n) is 4.97. The van der Waals surface area contributed by atoms with Crippen molar-refractivity contribution < 1.29 is 4.79 Å². The van der Waals surface area contributed by atoms with E-state index in [-0.39, 0.29) is 5.91 Å². The van der Waals surface area contributed by atoms with E-state index >= 15 is 0 Å². The van der Waals surface area contributed by atoms with E-state index in [2.05, 4.69) is 45.4 Å². The Bertz CT molecular complexity index is 1150. The lowest BCUT2D eigenvalue weighted by molar-refractivity contribution is -0.116. The Kier molecular flexibility index (Phi) is 5.38. The Balaban J connectivity index is 1.52. The van der Waals surface area contributed by atoms with E-state index in [0.717, 1.165) is 35.4 Å². The minimum absolute atomic E-state index is 0.0153. The summed E-state index contributed by atoms with van der Waals surface area (Å²) < 4.78 is 0. The van der Waals surface area contributed by atoms with Crippen molar-refractivity contribution in [3.05, 3.63) is 77.6 Å². The summed E-state index contributed by atoms with van der Waals surface area (Å²) in [7, 11) is 0. The number of aromatic amines is 1. The molecule has 0 fully saturated rings. The van der Waals surface area contributed by atoms with Gasteiger partial charge < -0.3 is 10.3 Å². The van der Waals surface area contributed by atoms with Crippen molar-refractivity contribution in [2.45, 2.75) is 33.1 Å². The molecule has 1 amide bonds. The molecule has 29 heavy (non-hydrogen) atoms. The Labute approximate surface area is 170 Å². The van der Waals surface area contributed by atoms with Gasteiger partial charge in [-0.25, -0.2) is 4.98 Å². The maximum absolute atomic E-state index is 12.4. The molecule has 146 valence electrons. The van der Waals surface area contributed by atoms with Crippen LogP contribution in [0.2, 0.25) is 0 Å². The first kappa shape index (κ1) is 18.9. The third kappa shape index (κ3) is 4.35. The van der Waals surface area contributed by atoms with Gasteiger partial charge in [0, 0.05) is 29.2 Å². The number of rotatable bonds is 6. The van der Waals surface area contributed by atoms with Crippen LogP contribution >= 0.6 is 0 Å². The molecule has 4 rings (SSSR count). The highest BCUT2D eigenvalue weighted by Crippen LogP contribution is 2.31. The summed E-state index contributed by atoms with van der Waals surface area (Å²) in [6.07, 6.45) is 3.79. The molecule has 0 saturated heterocycles. The van der Waals surface area contributed by atoms with Crippen LogP contribution in [0, 0.1) is 13.8 Å². The Morgan fingerprint density at radius 1 is 1.07 bits per heavy atom. The second-order valence-electron chi connectivity index (χ2n) is 7.31. The van der Waals surface area contributed by atoms with Crippen LogP contribution in [-0.4, -0.2) is 20.9 Å². The molecule has 3 heterocycles. The highest BCUT2D eigenvalue weighted by molar-refractivity contribution is 5.91. The van der Waals surface area contributed by atoms with Crippen molar-refractivity contribution in [2.24, 2.45) is 0 Å². The number of H-pyrrole nitrogens is 1. The first-order valence-electron chi connectivity index (χ1n) is 9.86. The fourth-order valence-corrected chi connectivity index (χ4v) is 3.59. The molecule has 1 aromatic carbocycles. The van der Waals surface area contributed by atoms with Gasteiger partial charge in [-0.1, -0.05) is 23.8 Å². The summed E-state index contributed by atoms with van der Waals surface area (Å²) in [5.41, 5.74) is 6.37. The van der Waals surface area contributed by atoms with Gasteiger partial charge in [0.2, 0.25) is 5.91 Å². The second kappa shape index (κ2) is 8.27. The highest BCUT2D eigenvalue weighted by atomic mass is 16.1. The molecule has 0 aliphatic heterocycles. The molecule has 2 N–H and O–H groups in total. The van der Waals surface area contributed by atoms with E-state index < -0.39 is 0 Å². The van der Waals surface area contributed by atoms with E-state index in [1.165, 1.54) is 16.5 Å². The molecule has 5 heteroatoms. The maximum atomic E-state index is 12.4. The molecule has 0 radical (unpaired) electrons. The zero-order valence-corrected chi connectivity index (χ0v) is 16.7. The number of carbonyl (C=O) groups is 1. The molecule has 0 aliphatic rings. The van der Waals surface area contributed by atoms with E-state index in [1.54, 1.807) is 6.20 Å². The van der Waals surface area contributed by atoms with Crippen LogP contribution in [0.5, 0.6) is 0 Å². The Morgan fingerprint density at radius 3 is 2.76 bits per heavy atom.